The number of carbonyl (C=O) groups excluding carboxylic acids is 1. The van der Waals surface area contributed by atoms with E-state index >= 15 is 0 Å². The van der Waals surface area contributed by atoms with Crippen molar-refractivity contribution in [3.63, 3.8) is 0 Å². The molecule has 3 rings (SSSR count). The lowest BCUT2D eigenvalue weighted by molar-refractivity contribution is 0.0908. The van der Waals surface area contributed by atoms with Gasteiger partial charge in [-0.2, -0.15) is 0 Å². The van der Waals surface area contributed by atoms with Crippen LogP contribution in [-0.2, 0) is 6.54 Å². The molecule has 0 radical (unpaired) electrons. The highest BCUT2D eigenvalue weighted by molar-refractivity contribution is 5.94. The maximum absolute atomic E-state index is 13.3. The van der Waals surface area contributed by atoms with E-state index in [1.807, 2.05) is 0 Å². The molecule has 1 aliphatic rings. The second-order valence-corrected chi connectivity index (χ2v) is 6.01. The quantitative estimate of drug-likeness (QED) is 0.937. The van der Waals surface area contributed by atoms with Crippen LogP contribution in [0.3, 0.4) is 0 Å². The maximum Gasteiger partial charge on any atom is 0.251 e. The number of rotatable bonds is 4. The first-order valence-corrected chi connectivity index (χ1v) is 7.99. The van der Waals surface area contributed by atoms with Crippen molar-refractivity contribution in [3.8, 4) is 0 Å². The average Bonchev–Trinajstić information content (AvgIpc) is 2.61. The van der Waals surface area contributed by atoms with E-state index in [2.05, 4.69) is 15.2 Å². The molecule has 0 spiro atoms. The minimum Gasteiger partial charge on any atom is -0.349 e. The fourth-order valence-corrected chi connectivity index (χ4v) is 2.90. The van der Waals surface area contributed by atoms with Crippen molar-refractivity contribution in [2.75, 3.05) is 13.1 Å². The van der Waals surface area contributed by atoms with E-state index < -0.39 is 11.6 Å². The highest BCUT2D eigenvalue weighted by atomic mass is 19.2. The highest BCUT2D eigenvalue weighted by Crippen LogP contribution is 2.16. The van der Waals surface area contributed by atoms with E-state index in [-0.39, 0.29) is 11.9 Å². The van der Waals surface area contributed by atoms with Gasteiger partial charge in [-0.15, -0.1) is 0 Å². The molecule has 1 fully saturated rings. The zero-order valence-corrected chi connectivity index (χ0v) is 13.2. The van der Waals surface area contributed by atoms with Crippen molar-refractivity contribution in [1.29, 1.82) is 0 Å². The van der Waals surface area contributed by atoms with Gasteiger partial charge in [-0.05, 0) is 42.7 Å². The van der Waals surface area contributed by atoms with Crippen molar-refractivity contribution in [1.82, 2.24) is 15.2 Å². The molecular formula is C18H19F2N3O. The van der Waals surface area contributed by atoms with Crippen molar-refractivity contribution >= 4 is 5.91 Å². The molecule has 1 aliphatic heterocycles. The van der Waals surface area contributed by atoms with E-state index in [1.54, 1.807) is 30.6 Å². The normalized spacial score (nSPS) is 16.1. The number of pyridine rings is 1. The Morgan fingerprint density at radius 3 is 2.50 bits per heavy atom. The van der Waals surface area contributed by atoms with Gasteiger partial charge in [0.25, 0.3) is 5.91 Å². The van der Waals surface area contributed by atoms with E-state index in [0.29, 0.717) is 12.1 Å². The number of hydrogen-bond acceptors (Lipinski definition) is 3. The number of piperidine rings is 1. The van der Waals surface area contributed by atoms with Gasteiger partial charge in [0.2, 0.25) is 0 Å². The van der Waals surface area contributed by atoms with Gasteiger partial charge < -0.3 is 5.32 Å². The summed E-state index contributed by atoms with van der Waals surface area (Å²) in [6.45, 7) is 2.20. The molecule has 0 atom stereocenters. The fourth-order valence-electron chi connectivity index (χ4n) is 2.90. The molecule has 1 aromatic carbocycles. The molecule has 2 heterocycles. The number of likely N-dealkylation sites (tertiary alicyclic amines) is 1. The molecule has 1 saturated heterocycles. The fraction of sp³-hybridized carbons (Fsp3) is 0.333. The summed E-state index contributed by atoms with van der Waals surface area (Å²) in [5, 5.41) is 3.03. The first-order valence-electron chi connectivity index (χ1n) is 7.99. The molecule has 126 valence electrons. The molecule has 24 heavy (non-hydrogen) atoms. The minimum atomic E-state index is -0.823. The Hall–Kier alpha value is -2.34. The topological polar surface area (TPSA) is 45.2 Å². The number of nitrogens with zero attached hydrogens (tertiary/aromatic N) is 2. The van der Waals surface area contributed by atoms with Crippen LogP contribution in [0.4, 0.5) is 8.78 Å². The largest absolute Gasteiger partial charge is 0.349 e. The highest BCUT2D eigenvalue weighted by Gasteiger charge is 2.21. The van der Waals surface area contributed by atoms with Crippen LogP contribution in [-0.4, -0.2) is 34.9 Å². The second-order valence-electron chi connectivity index (χ2n) is 6.01. The standard InChI is InChI=1S/C18H19F2N3O/c19-16-2-1-13(11-17(16)20)12-23-9-5-15(6-10-23)22-18(24)14-3-7-21-8-4-14/h1-4,7-8,11,15H,5-6,9-10,12H2,(H,22,24). The van der Waals surface area contributed by atoms with Gasteiger partial charge >= 0.3 is 0 Å². The maximum atomic E-state index is 13.3. The van der Waals surface area contributed by atoms with Crippen LogP contribution in [0.5, 0.6) is 0 Å². The zero-order valence-electron chi connectivity index (χ0n) is 13.2. The molecule has 2 aromatic rings. The number of hydrogen-bond donors (Lipinski definition) is 1. The van der Waals surface area contributed by atoms with Crippen LogP contribution < -0.4 is 5.32 Å². The second kappa shape index (κ2) is 7.49. The van der Waals surface area contributed by atoms with Crippen molar-refractivity contribution in [2.45, 2.75) is 25.4 Å². The Kier molecular flexibility index (Phi) is 5.15. The summed E-state index contributed by atoms with van der Waals surface area (Å²) >= 11 is 0. The number of aromatic nitrogens is 1. The van der Waals surface area contributed by atoms with Crippen LogP contribution in [0.1, 0.15) is 28.8 Å². The van der Waals surface area contributed by atoms with E-state index in [4.69, 9.17) is 0 Å². The zero-order chi connectivity index (χ0) is 16.9. The van der Waals surface area contributed by atoms with Crippen molar-refractivity contribution in [2.24, 2.45) is 0 Å². The molecule has 4 nitrogen and oxygen atoms in total. The molecular weight excluding hydrogens is 312 g/mol. The van der Waals surface area contributed by atoms with Crippen LogP contribution in [0.2, 0.25) is 0 Å². The Morgan fingerprint density at radius 2 is 1.83 bits per heavy atom. The first-order chi connectivity index (χ1) is 11.6. The Balaban J connectivity index is 1.49. The molecule has 0 bridgehead atoms. The van der Waals surface area contributed by atoms with Crippen LogP contribution in [0.25, 0.3) is 0 Å². The SMILES string of the molecule is O=C(NC1CCN(Cc2ccc(F)c(F)c2)CC1)c1ccncc1. The smallest absolute Gasteiger partial charge is 0.251 e. The van der Waals surface area contributed by atoms with E-state index in [1.165, 1.54) is 6.07 Å². The van der Waals surface area contributed by atoms with Gasteiger partial charge in [0.15, 0.2) is 11.6 Å². The van der Waals surface area contributed by atoms with Gasteiger partial charge in [-0.3, -0.25) is 14.7 Å². The lowest BCUT2D eigenvalue weighted by atomic mass is 10.0. The summed E-state index contributed by atoms with van der Waals surface area (Å²) in [6, 6.07) is 7.52. The first kappa shape index (κ1) is 16.5. The van der Waals surface area contributed by atoms with Crippen LogP contribution >= 0.6 is 0 Å². The Morgan fingerprint density at radius 1 is 1.12 bits per heavy atom. The molecule has 1 amide bonds. The van der Waals surface area contributed by atoms with Gasteiger partial charge in [0, 0.05) is 43.6 Å². The third-order valence-electron chi connectivity index (χ3n) is 4.26. The number of carbonyl (C=O) groups is 1. The van der Waals surface area contributed by atoms with Gasteiger partial charge in [0.1, 0.15) is 0 Å². The van der Waals surface area contributed by atoms with Gasteiger partial charge in [-0.1, -0.05) is 6.07 Å². The molecule has 1 N–H and O–H groups in total. The Labute approximate surface area is 139 Å². The van der Waals surface area contributed by atoms with Crippen molar-refractivity contribution < 1.29 is 13.6 Å². The summed E-state index contributed by atoms with van der Waals surface area (Å²) in [4.78, 5) is 18.2. The van der Waals surface area contributed by atoms with Gasteiger partial charge in [-0.25, -0.2) is 8.78 Å². The predicted molar refractivity (Wildman–Crippen MR) is 86.4 cm³/mol. The third kappa shape index (κ3) is 4.14. The summed E-state index contributed by atoms with van der Waals surface area (Å²) in [6.07, 6.45) is 4.86. The lowest BCUT2D eigenvalue weighted by Crippen LogP contribution is -2.44. The molecule has 0 unspecified atom stereocenters. The monoisotopic (exact) mass is 331 g/mol. The average molecular weight is 331 g/mol. The lowest BCUT2D eigenvalue weighted by Gasteiger charge is -2.32. The number of nitrogens with one attached hydrogen (secondary N) is 1. The Bertz CT molecular complexity index is 701. The summed E-state index contributed by atoms with van der Waals surface area (Å²) in [7, 11) is 0. The van der Waals surface area contributed by atoms with Crippen molar-refractivity contribution in [3.05, 3.63) is 65.5 Å². The summed E-state index contributed by atoms with van der Waals surface area (Å²) in [5.74, 6) is -1.72. The molecule has 0 aliphatic carbocycles. The van der Waals surface area contributed by atoms with E-state index in [9.17, 15) is 13.6 Å². The predicted octanol–water partition coefficient (Wildman–Crippen LogP) is 2.75. The number of benzene rings is 1. The minimum absolute atomic E-state index is 0.0866. The van der Waals surface area contributed by atoms with E-state index in [0.717, 1.165) is 37.6 Å². The van der Waals surface area contributed by atoms with Crippen LogP contribution in [0.15, 0.2) is 42.7 Å². The summed E-state index contributed by atoms with van der Waals surface area (Å²) < 4.78 is 26.2. The van der Waals surface area contributed by atoms with Gasteiger partial charge in [0.05, 0.1) is 0 Å². The molecule has 1 aromatic heterocycles. The summed E-state index contributed by atoms with van der Waals surface area (Å²) in [5.41, 5.74) is 1.36. The number of amides is 1. The van der Waals surface area contributed by atoms with Crippen LogP contribution in [0, 0.1) is 11.6 Å². The molecule has 0 saturated carbocycles. The third-order valence-corrected chi connectivity index (χ3v) is 4.26. The molecule has 6 heteroatoms. The number of halogens is 2.